The molecular formula is C20H20N4O5S. The molecule has 2 aromatic heterocycles. The van der Waals surface area contributed by atoms with E-state index in [4.69, 9.17) is 14.2 Å². The molecule has 10 heteroatoms. The number of esters is 1. The number of ether oxygens (including phenoxy) is 3. The van der Waals surface area contributed by atoms with Gasteiger partial charge in [-0.2, -0.15) is 0 Å². The first-order valence-electron chi connectivity index (χ1n) is 8.94. The van der Waals surface area contributed by atoms with E-state index in [9.17, 15) is 9.59 Å². The van der Waals surface area contributed by atoms with E-state index in [0.29, 0.717) is 22.3 Å². The van der Waals surface area contributed by atoms with E-state index in [1.807, 2.05) is 0 Å². The quantitative estimate of drug-likeness (QED) is 0.545. The molecule has 0 spiro atoms. The summed E-state index contributed by atoms with van der Waals surface area (Å²) in [6.07, 6.45) is 2.19. The lowest BCUT2D eigenvalue weighted by Crippen LogP contribution is -2.35. The first-order chi connectivity index (χ1) is 14.5. The molecule has 1 aromatic carbocycles. The zero-order valence-electron chi connectivity index (χ0n) is 16.6. The maximum atomic E-state index is 12.3. The fourth-order valence-corrected chi connectivity index (χ4v) is 3.21. The van der Waals surface area contributed by atoms with Crippen molar-refractivity contribution in [2.24, 2.45) is 0 Å². The summed E-state index contributed by atoms with van der Waals surface area (Å²) >= 11 is 1.22. The molecule has 0 aliphatic rings. The summed E-state index contributed by atoms with van der Waals surface area (Å²) < 4.78 is 15.7. The zero-order valence-corrected chi connectivity index (χ0v) is 17.4. The van der Waals surface area contributed by atoms with E-state index in [1.54, 1.807) is 49.1 Å². The van der Waals surface area contributed by atoms with E-state index >= 15 is 0 Å². The fraction of sp³-hybridized carbons (Fsp3) is 0.250. The number of benzene rings is 1. The summed E-state index contributed by atoms with van der Waals surface area (Å²) in [5.74, 6) is 0.452. The number of hydrogen-bond donors (Lipinski definition) is 1. The Balaban J connectivity index is 1.55. The number of nitrogens with zero attached hydrogens (tertiary/aromatic N) is 3. The van der Waals surface area contributed by atoms with Crippen molar-refractivity contribution in [3.8, 4) is 22.3 Å². The zero-order chi connectivity index (χ0) is 21.5. The van der Waals surface area contributed by atoms with Crippen molar-refractivity contribution < 1.29 is 23.8 Å². The van der Waals surface area contributed by atoms with Crippen LogP contribution >= 0.6 is 11.3 Å². The Hall–Kier alpha value is -3.53. The second kappa shape index (κ2) is 9.79. The lowest BCUT2D eigenvalue weighted by molar-refractivity contribution is -0.129. The molecular weight excluding hydrogens is 408 g/mol. The third-order valence-corrected chi connectivity index (χ3v) is 4.88. The summed E-state index contributed by atoms with van der Waals surface area (Å²) in [5.41, 5.74) is 0.911. The maximum absolute atomic E-state index is 12.3. The predicted molar refractivity (Wildman–Crippen MR) is 109 cm³/mol. The van der Waals surface area contributed by atoms with Crippen molar-refractivity contribution in [1.29, 1.82) is 0 Å². The van der Waals surface area contributed by atoms with Gasteiger partial charge < -0.3 is 19.5 Å². The van der Waals surface area contributed by atoms with Gasteiger partial charge in [0, 0.05) is 24.3 Å². The van der Waals surface area contributed by atoms with Crippen LogP contribution in [0.25, 0.3) is 10.8 Å². The average molecular weight is 428 g/mol. The van der Waals surface area contributed by atoms with Gasteiger partial charge in [-0.3, -0.25) is 4.79 Å². The summed E-state index contributed by atoms with van der Waals surface area (Å²) in [7, 11) is 3.09. The molecule has 0 aliphatic carbocycles. The fourth-order valence-electron chi connectivity index (χ4n) is 2.48. The molecule has 0 saturated carbocycles. The third kappa shape index (κ3) is 5.09. The number of hydrogen-bond acceptors (Lipinski definition) is 9. The SMILES string of the molecule is COc1ccc(CNC(=O)C(C)OC(=O)c2csc(-c3ncccn3)n2)cc1OC. The van der Waals surface area contributed by atoms with E-state index in [-0.39, 0.29) is 12.2 Å². The molecule has 0 saturated heterocycles. The summed E-state index contributed by atoms with van der Waals surface area (Å²) in [4.78, 5) is 37.0. The molecule has 1 unspecified atom stereocenters. The summed E-state index contributed by atoms with van der Waals surface area (Å²) in [6.45, 7) is 1.74. The monoisotopic (exact) mass is 428 g/mol. The number of nitrogens with one attached hydrogen (secondary N) is 1. The average Bonchev–Trinajstić information content (AvgIpc) is 3.28. The van der Waals surface area contributed by atoms with Crippen LogP contribution in [0.15, 0.2) is 42.0 Å². The minimum Gasteiger partial charge on any atom is -0.493 e. The lowest BCUT2D eigenvalue weighted by atomic mass is 10.2. The van der Waals surface area contributed by atoms with Crippen molar-refractivity contribution in [1.82, 2.24) is 20.3 Å². The van der Waals surface area contributed by atoms with Crippen molar-refractivity contribution in [2.45, 2.75) is 19.6 Å². The first-order valence-corrected chi connectivity index (χ1v) is 9.82. The second-order valence-electron chi connectivity index (χ2n) is 6.06. The highest BCUT2D eigenvalue weighted by molar-refractivity contribution is 7.13. The van der Waals surface area contributed by atoms with Gasteiger partial charge in [0.05, 0.1) is 14.2 Å². The van der Waals surface area contributed by atoms with Crippen LogP contribution in [0.2, 0.25) is 0 Å². The number of carbonyl (C=O) groups is 2. The highest BCUT2D eigenvalue weighted by atomic mass is 32.1. The molecule has 0 fully saturated rings. The van der Waals surface area contributed by atoms with E-state index < -0.39 is 18.0 Å². The van der Waals surface area contributed by atoms with Gasteiger partial charge in [-0.25, -0.2) is 19.7 Å². The van der Waals surface area contributed by atoms with Gasteiger partial charge in [0.25, 0.3) is 5.91 Å². The van der Waals surface area contributed by atoms with Crippen LogP contribution in [0.4, 0.5) is 0 Å². The van der Waals surface area contributed by atoms with Crippen LogP contribution in [0.3, 0.4) is 0 Å². The molecule has 1 atom stereocenters. The van der Waals surface area contributed by atoms with Crippen LogP contribution in [0.5, 0.6) is 11.5 Å². The van der Waals surface area contributed by atoms with Crippen LogP contribution in [-0.4, -0.2) is 47.2 Å². The molecule has 0 aliphatic heterocycles. The Morgan fingerprint density at radius 1 is 1.13 bits per heavy atom. The maximum Gasteiger partial charge on any atom is 0.358 e. The normalized spacial score (nSPS) is 11.4. The first kappa shape index (κ1) is 21.2. The van der Waals surface area contributed by atoms with E-state index in [0.717, 1.165) is 5.56 Å². The summed E-state index contributed by atoms with van der Waals surface area (Å²) in [6, 6.07) is 7.01. The Morgan fingerprint density at radius 2 is 1.87 bits per heavy atom. The highest BCUT2D eigenvalue weighted by Crippen LogP contribution is 2.27. The molecule has 0 radical (unpaired) electrons. The molecule has 2 heterocycles. The number of thiazole rings is 1. The van der Waals surface area contributed by atoms with Crippen molar-refractivity contribution in [3.63, 3.8) is 0 Å². The van der Waals surface area contributed by atoms with Gasteiger partial charge in [0.2, 0.25) is 0 Å². The van der Waals surface area contributed by atoms with Crippen LogP contribution < -0.4 is 14.8 Å². The number of rotatable bonds is 8. The Bertz CT molecular complexity index is 1030. The van der Waals surface area contributed by atoms with Gasteiger partial charge >= 0.3 is 5.97 Å². The van der Waals surface area contributed by atoms with Crippen molar-refractivity contribution in [3.05, 3.63) is 53.3 Å². The smallest absolute Gasteiger partial charge is 0.358 e. The van der Waals surface area contributed by atoms with Gasteiger partial charge in [-0.15, -0.1) is 11.3 Å². The molecule has 30 heavy (non-hydrogen) atoms. The minimum atomic E-state index is -0.990. The Morgan fingerprint density at radius 3 is 2.57 bits per heavy atom. The van der Waals surface area contributed by atoms with Gasteiger partial charge in [-0.05, 0) is 30.7 Å². The van der Waals surface area contributed by atoms with Crippen LogP contribution in [-0.2, 0) is 16.1 Å². The number of aromatic nitrogens is 3. The van der Waals surface area contributed by atoms with E-state index in [1.165, 1.54) is 25.4 Å². The lowest BCUT2D eigenvalue weighted by Gasteiger charge is -2.14. The Kier molecular flexibility index (Phi) is 6.91. The van der Waals surface area contributed by atoms with Crippen LogP contribution in [0.1, 0.15) is 23.0 Å². The number of methoxy groups -OCH3 is 2. The number of carbonyl (C=O) groups excluding carboxylic acids is 2. The molecule has 1 N–H and O–H groups in total. The van der Waals surface area contributed by atoms with Crippen molar-refractivity contribution in [2.75, 3.05) is 14.2 Å². The second-order valence-corrected chi connectivity index (χ2v) is 6.92. The predicted octanol–water partition coefficient (Wildman–Crippen LogP) is 2.48. The third-order valence-electron chi connectivity index (χ3n) is 4.04. The molecule has 1 amide bonds. The highest BCUT2D eigenvalue weighted by Gasteiger charge is 2.21. The number of amides is 1. The van der Waals surface area contributed by atoms with Gasteiger partial charge in [0.1, 0.15) is 0 Å². The van der Waals surface area contributed by atoms with Gasteiger partial charge in [-0.1, -0.05) is 6.07 Å². The molecule has 9 nitrogen and oxygen atoms in total. The molecule has 3 aromatic rings. The molecule has 3 rings (SSSR count). The minimum absolute atomic E-state index is 0.0991. The van der Waals surface area contributed by atoms with E-state index in [2.05, 4.69) is 20.3 Å². The van der Waals surface area contributed by atoms with Crippen LogP contribution in [0, 0.1) is 0 Å². The van der Waals surface area contributed by atoms with Crippen molar-refractivity contribution >= 4 is 23.2 Å². The molecule has 0 bridgehead atoms. The Labute approximate surface area is 177 Å². The topological polar surface area (TPSA) is 113 Å². The van der Waals surface area contributed by atoms with Gasteiger partial charge in [0.15, 0.2) is 34.1 Å². The molecule has 156 valence electrons. The largest absolute Gasteiger partial charge is 0.493 e. The summed E-state index contributed by atoms with van der Waals surface area (Å²) in [5, 5.41) is 4.76. The standard InChI is InChI=1S/C20H20N4O5S/c1-12(18(25)23-10-13-5-6-15(27-2)16(9-13)28-3)29-20(26)14-11-30-19(24-14)17-21-7-4-8-22-17/h4-9,11-12H,10H2,1-3H3,(H,23,25).